The minimum atomic E-state index is -5.01. The summed E-state index contributed by atoms with van der Waals surface area (Å²) in [6, 6.07) is 8.07. The van der Waals surface area contributed by atoms with Crippen LogP contribution in [0.4, 0.5) is 32.0 Å². The van der Waals surface area contributed by atoms with E-state index in [1.165, 1.54) is 0 Å². The number of anilines is 1. The Morgan fingerprint density at radius 3 is 1.93 bits per heavy atom. The molecule has 0 bridgehead atoms. The minimum Gasteiger partial charge on any atom is -0.480 e. The minimum absolute atomic E-state index is 0.00557. The molecule has 0 aliphatic rings. The highest BCUT2D eigenvalue weighted by molar-refractivity contribution is 7.80. The third-order valence-corrected chi connectivity index (χ3v) is 3.95. The van der Waals surface area contributed by atoms with Gasteiger partial charge in [0.1, 0.15) is 6.04 Å². The van der Waals surface area contributed by atoms with Gasteiger partial charge in [0.05, 0.1) is 11.1 Å². The average molecular weight is 436 g/mol. The van der Waals surface area contributed by atoms with E-state index in [2.05, 4.69) is 10.6 Å². The molecule has 0 aromatic heterocycles. The van der Waals surface area contributed by atoms with Gasteiger partial charge in [-0.25, -0.2) is 4.79 Å². The van der Waals surface area contributed by atoms with Crippen molar-refractivity contribution >= 4 is 29.0 Å². The van der Waals surface area contributed by atoms with Crippen molar-refractivity contribution in [2.75, 3.05) is 5.32 Å². The van der Waals surface area contributed by atoms with Crippen molar-refractivity contribution in [2.45, 2.75) is 24.8 Å². The van der Waals surface area contributed by atoms with E-state index in [4.69, 9.17) is 12.2 Å². The van der Waals surface area contributed by atoms with Gasteiger partial charge in [0.25, 0.3) is 0 Å². The molecule has 4 nitrogen and oxygen atoms in total. The summed E-state index contributed by atoms with van der Waals surface area (Å²) >= 11 is 4.87. The van der Waals surface area contributed by atoms with Crippen molar-refractivity contribution in [1.82, 2.24) is 5.32 Å². The first kappa shape index (κ1) is 22.5. The van der Waals surface area contributed by atoms with E-state index in [-0.39, 0.29) is 12.5 Å². The first-order chi connectivity index (χ1) is 13.4. The third-order valence-electron chi connectivity index (χ3n) is 3.73. The van der Waals surface area contributed by atoms with E-state index >= 15 is 0 Å². The Balaban J connectivity index is 2.21. The maximum absolute atomic E-state index is 12.9. The summed E-state index contributed by atoms with van der Waals surface area (Å²) < 4.78 is 77.5. The summed E-state index contributed by atoms with van der Waals surface area (Å²) in [6.45, 7) is 0. The number of hydrogen-bond donors (Lipinski definition) is 3. The zero-order valence-electron chi connectivity index (χ0n) is 14.4. The molecule has 3 N–H and O–H groups in total. The van der Waals surface area contributed by atoms with Crippen LogP contribution in [0.25, 0.3) is 0 Å². The number of alkyl halides is 6. The Hall–Kier alpha value is -2.82. The van der Waals surface area contributed by atoms with Crippen molar-refractivity contribution in [1.29, 1.82) is 0 Å². The molecule has 1 unspecified atom stereocenters. The molecule has 0 saturated heterocycles. The molecular formula is C18H14F6N2O2S. The first-order valence-electron chi connectivity index (χ1n) is 8.00. The van der Waals surface area contributed by atoms with Gasteiger partial charge in [-0.3, -0.25) is 0 Å². The number of thiocarbonyl (C=S) groups is 1. The first-order valence-corrected chi connectivity index (χ1v) is 8.41. The summed E-state index contributed by atoms with van der Waals surface area (Å²) in [6.07, 6.45) is -10.0. The Morgan fingerprint density at radius 2 is 1.48 bits per heavy atom. The second kappa shape index (κ2) is 8.68. The molecule has 0 spiro atoms. The van der Waals surface area contributed by atoms with E-state index in [1.807, 2.05) is 0 Å². The van der Waals surface area contributed by atoms with Crippen molar-refractivity contribution < 1.29 is 36.2 Å². The topological polar surface area (TPSA) is 61.4 Å². The van der Waals surface area contributed by atoms with Crippen LogP contribution in [-0.2, 0) is 23.6 Å². The number of carboxylic acid groups (broad SMARTS) is 1. The lowest BCUT2D eigenvalue weighted by Crippen LogP contribution is -2.44. The van der Waals surface area contributed by atoms with Gasteiger partial charge in [-0.2, -0.15) is 26.3 Å². The molecule has 2 aromatic carbocycles. The van der Waals surface area contributed by atoms with Gasteiger partial charge >= 0.3 is 18.3 Å². The number of nitrogens with one attached hydrogen (secondary N) is 2. The second-order valence-corrected chi connectivity index (χ2v) is 6.38. The van der Waals surface area contributed by atoms with E-state index < -0.39 is 46.3 Å². The number of halogens is 6. The van der Waals surface area contributed by atoms with E-state index in [0.29, 0.717) is 17.7 Å². The summed E-state index contributed by atoms with van der Waals surface area (Å²) in [5.41, 5.74) is -2.96. The Labute approximate surface area is 166 Å². The molecule has 0 amide bonds. The maximum atomic E-state index is 12.9. The molecule has 0 fully saturated rings. The van der Waals surface area contributed by atoms with E-state index in [0.717, 1.165) is 0 Å². The largest absolute Gasteiger partial charge is 0.480 e. The SMILES string of the molecule is O=C(O)C(Cc1ccccc1)NC(=S)Nc1cc(C(F)(F)F)cc(C(F)(F)F)c1. The van der Waals surface area contributed by atoms with Crippen LogP contribution in [0.5, 0.6) is 0 Å². The van der Waals surface area contributed by atoms with Crippen LogP contribution in [0.2, 0.25) is 0 Å². The molecule has 0 aliphatic carbocycles. The predicted molar refractivity (Wildman–Crippen MR) is 97.4 cm³/mol. The van der Waals surface area contributed by atoms with Crippen molar-refractivity contribution in [3.05, 3.63) is 65.2 Å². The van der Waals surface area contributed by atoms with E-state index in [9.17, 15) is 36.2 Å². The molecule has 0 saturated carbocycles. The molecule has 156 valence electrons. The Kier molecular flexibility index (Phi) is 6.73. The maximum Gasteiger partial charge on any atom is 0.416 e. The Bertz CT molecular complexity index is 852. The highest BCUT2D eigenvalue weighted by Gasteiger charge is 2.37. The van der Waals surface area contributed by atoms with Gasteiger partial charge in [-0.15, -0.1) is 0 Å². The van der Waals surface area contributed by atoms with Crippen LogP contribution >= 0.6 is 12.2 Å². The second-order valence-electron chi connectivity index (χ2n) is 5.97. The molecule has 0 aliphatic heterocycles. The van der Waals surface area contributed by atoms with Crippen molar-refractivity contribution in [3.63, 3.8) is 0 Å². The predicted octanol–water partition coefficient (Wildman–Crippen LogP) is 4.71. The average Bonchev–Trinajstić information content (AvgIpc) is 2.60. The van der Waals surface area contributed by atoms with Gasteiger partial charge in [-0.1, -0.05) is 30.3 Å². The fourth-order valence-electron chi connectivity index (χ4n) is 2.40. The summed E-state index contributed by atoms with van der Waals surface area (Å²) in [5, 5.41) is 13.5. The summed E-state index contributed by atoms with van der Waals surface area (Å²) in [5.74, 6) is -1.29. The molecule has 11 heteroatoms. The molecule has 0 heterocycles. The van der Waals surface area contributed by atoms with Gasteiger partial charge in [0.15, 0.2) is 5.11 Å². The fraction of sp³-hybridized carbons (Fsp3) is 0.222. The number of hydrogen-bond acceptors (Lipinski definition) is 2. The van der Waals surface area contributed by atoms with E-state index in [1.54, 1.807) is 30.3 Å². The lowest BCUT2D eigenvalue weighted by molar-refractivity contribution is -0.143. The third kappa shape index (κ3) is 6.63. The van der Waals surface area contributed by atoms with Crippen molar-refractivity contribution in [3.8, 4) is 0 Å². The summed E-state index contributed by atoms with van der Waals surface area (Å²) in [4.78, 5) is 11.4. The van der Waals surface area contributed by atoms with Gasteiger partial charge in [-0.05, 0) is 36.0 Å². The van der Waals surface area contributed by atoms with Crippen LogP contribution in [-0.4, -0.2) is 22.2 Å². The van der Waals surface area contributed by atoms with Gasteiger partial charge < -0.3 is 15.7 Å². The lowest BCUT2D eigenvalue weighted by Gasteiger charge is -2.19. The smallest absolute Gasteiger partial charge is 0.416 e. The van der Waals surface area contributed by atoms with Gasteiger partial charge in [0.2, 0.25) is 0 Å². The molecule has 1 atom stereocenters. The normalized spacial score (nSPS) is 12.9. The van der Waals surface area contributed by atoms with Crippen LogP contribution in [0.3, 0.4) is 0 Å². The molecular weight excluding hydrogens is 422 g/mol. The molecule has 0 radical (unpaired) electrons. The quantitative estimate of drug-likeness (QED) is 0.468. The number of rotatable bonds is 5. The fourth-order valence-corrected chi connectivity index (χ4v) is 2.66. The standard InChI is InChI=1S/C18H14F6N2O2S/c19-17(20,21)11-7-12(18(22,23)24)9-13(8-11)25-16(29)26-14(15(27)28)6-10-4-2-1-3-5-10/h1-5,7-9,14H,6H2,(H,27,28)(H2,25,26,29). The lowest BCUT2D eigenvalue weighted by atomic mass is 10.1. The molecule has 2 aromatic rings. The summed E-state index contributed by atoms with van der Waals surface area (Å²) in [7, 11) is 0. The highest BCUT2D eigenvalue weighted by Crippen LogP contribution is 2.37. The highest BCUT2D eigenvalue weighted by atomic mass is 32.1. The molecule has 29 heavy (non-hydrogen) atoms. The molecule has 2 rings (SSSR count). The zero-order chi connectivity index (χ0) is 21.8. The van der Waals surface area contributed by atoms with Crippen LogP contribution in [0.1, 0.15) is 16.7 Å². The zero-order valence-corrected chi connectivity index (χ0v) is 15.3. The monoisotopic (exact) mass is 436 g/mol. The Morgan fingerprint density at radius 1 is 0.966 bits per heavy atom. The number of carbonyl (C=O) groups is 1. The number of aliphatic carboxylic acids is 1. The van der Waals surface area contributed by atoms with Crippen LogP contribution in [0.15, 0.2) is 48.5 Å². The number of carboxylic acids is 1. The van der Waals surface area contributed by atoms with Crippen LogP contribution in [0, 0.1) is 0 Å². The van der Waals surface area contributed by atoms with Crippen LogP contribution < -0.4 is 10.6 Å². The number of benzene rings is 2. The van der Waals surface area contributed by atoms with Gasteiger partial charge in [0, 0.05) is 12.1 Å². The van der Waals surface area contributed by atoms with Crippen molar-refractivity contribution in [2.24, 2.45) is 0 Å².